The molecule has 1 N–H and O–H groups in total. The number of nitrogens with one attached hydrogen (secondary N) is 1. The Morgan fingerprint density at radius 1 is 1.00 bits per heavy atom. The predicted molar refractivity (Wildman–Crippen MR) is 141 cm³/mol. The summed E-state index contributed by atoms with van der Waals surface area (Å²) < 4.78 is 11.3. The van der Waals surface area contributed by atoms with Crippen LogP contribution in [0.5, 0.6) is 5.75 Å². The van der Waals surface area contributed by atoms with Crippen molar-refractivity contribution < 1.29 is 18.7 Å². The van der Waals surface area contributed by atoms with Gasteiger partial charge in [0.05, 0.1) is 12.4 Å². The van der Waals surface area contributed by atoms with Crippen LogP contribution in [0.15, 0.2) is 89.3 Å². The van der Waals surface area contributed by atoms with Gasteiger partial charge in [0.15, 0.2) is 4.32 Å². The number of anilines is 1. The minimum absolute atomic E-state index is 0.0523. The molecule has 1 saturated heterocycles. The van der Waals surface area contributed by atoms with Gasteiger partial charge in [0.1, 0.15) is 11.8 Å². The summed E-state index contributed by atoms with van der Waals surface area (Å²) in [5, 5.41) is 10.6. The Bertz CT molecular complexity index is 1390. The largest absolute Gasteiger partial charge is 0.497 e. The number of amides is 2. The summed E-state index contributed by atoms with van der Waals surface area (Å²) in [6, 6.07) is 24.2. The van der Waals surface area contributed by atoms with E-state index >= 15 is 0 Å². The summed E-state index contributed by atoms with van der Waals surface area (Å²) >= 11 is 6.86. The molecular formula is C26H20N4O4S2. The Hall–Kier alpha value is -4.02. The van der Waals surface area contributed by atoms with E-state index in [1.807, 2.05) is 48.5 Å². The van der Waals surface area contributed by atoms with E-state index < -0.39 is 17.2 Å². The number of ether oxygens (including phenoxy) is 1. The molecule has 0 spiro atoms. The van der Waals surface area contributed by atoms with Crippen molar-refractivity contribution >= 4 is 46.1 Å². The first-order valence-corrected chi connectivity index (χ1v) is 12.3. The van der Waals surface area contributed by atoms with Gasteiger partial charge in [-0.15, -0.1) is 5.10 Å². The summed E-state index contributed by atoms with van der Waals surface area (Å²) in [6.45, 7) is 0. The SMILES string of the molecule is COc1ccc([C@H]2SC(=S)N(c3nnc(-c4ccccc4)o3)C(=O)[C@H]2NC(=O)c2ccccc2)cc1. The average Bonchev–Trinajstić information content (AvgIpc) is 3.41. The fourth-order valence-corrected chi connectivity index (χ4v) is 5.35. The lowest BCUT2D eigenvalue weighted by Crippen LogP contribution is -2.56. The maximum absolute atomic E-state index is 13.8. The van der Waals surface area contributed by atoms with Gasteiger partial charge < -0.3 is 14.5 Å². The van der Waals surface area contributed by atoms with Gasteiger partial charge in [-0.25, -0.2) is 4.90 Å². The van der Waals surface area contributed by atoms with Gasteiger partial charge in [0, 0.05) is 11.1 Å². The Morgan fingerprint density at radius 3 is 2.33 bits per heavy atom. The molecule has 36 heavy (non-hydrogen) atoms. The van der Waals surface area contributed by atoms with E-state index in [0.717, 1.165) is 5.56 Å². The monoisotopic (exact) mass is 516 g/mol. The molecule has 10 heteroatoms. The Morgan fingerprint density at radius 2 is 1.67 bits per heavy atom. The van der Waals surface area contributed by atoms with E-state index in [0.29, 0.717) is 16.9 Å². The van der Waals surface area contributed by atoms with Crippen LogP contribution in [0.1, 0.15) is 21.2 Å². The Labute approximate surface area is 216 Å². The molecule has 4 aromatic rings. The molecule has 1 aromatic heterocycles. The first-order valence-electron chi connectivity index (χ1n) is 11.0. The summed E-state index contributed by atoms with van der Waals surface area (Å²) in [7, 11) is 1.58. The molecule has 8 nitrogen and oxygen atoms in total. The molecule has 5 rings (SSSR count). The Kier molecular flexibility index (Phi) is 6.79. The number of hydrogen-bond acceptors (Lipinski definition) is 8. The van der Waals surface area contributed by atoms with Gasteiger partial charge in [0.2, 0.25) is 5.89 Å². The normalized spacial score (nSPS) is 17.6. The number of rotatable bonds is 6. The van der Waals surface area contributed by atoms with Gasteiger partial charge >= 0.3 is 6.01 Å². The van der Waals surface area contributed by atoms with Crippen molar-refractivity contribution in [2.75, 3.05) is 12.0 Å². The second-order valence-corrected chi connectivity index (χ2v) is 9.60. The zero-order valence-corrected chi connectivity index (χ0v) is 20.7. The zero-order valence-electron chi connectivity index (χ0n) is 19.0. The molecule has 0 bridgehead atoms. The first-order chi connectivity index (χ1) is 17.5. The van der Waals surface area contributed by atoms with Crippen LogP contribution in [0.2, 0.25) is 0 Å². The van der Waals surface area contributed by atoms with Gasteiger partial charge in [-0.3, -0.25) is 9.59 Å². The molecular weight excluding hydrogens is 496 g/mol. The van der Waals surface area contributed by atoms with Crippen molar-refractivity contribution in [3.63, 3.8) is 0 Å². The number of benzene rings is 3. The average molecular weight is 517 g/mol. The maximum Gasteiger partial charge on any atom is 0.331 e. The molecule has 2 amide bonds. The lowest BCUT2D eigenvalue weighted by atomic mass is 10.0. The number of aromatic nitrogens is 2. The van der Waals surface area contributed by atoms with Crippen LogP contribution in [0.4, 0.5) is 6.01 Å². The summed E-state index contributed by atoms with van der Waals surface area (Å²) in [6.07, 6.45) is 0. The summed E-state index contributed by atoms with van der Waals surface area (Å²) in [5.74, 6) is 0.0936. The van der Waals surface area contributed by atoms with Crippen molar-refractivity contribution in [2.24, 2.45) is 0 Å². The first kappa shape index (κ1) is 23.7. The van der Waals surface area contributed by atoms with Crippen LogP contribution >= 0.6 is 24.0 Å². The second-order valence-electron chi connectivity index (χ2n) is 7.82. The van der Waals surface area contributed by atoms with Crippen LogP contribution in [0.3, 0.4) is 0 Å². The molecule has 1 aliphatic rings. The molecule has 0 radical (unpaired) electrons. The number of carbonyl (C=O) groups excluding carboxylic acids is 2. The molecule has 0 unspecified atom stereocenters. The molecule has 1 fully saturated rings. The number of thiocarbonyl (C=S) groups is 1. The minimum Gasteiger partial charge on any atom is -0.497 e. The van der Waals surface area contributed by atoms with E-state index in [2.05, 4.69) is 15.5 Å². The van der Waals surface area contributed by atoms with E-state index in [1.165, 1.54) is 16.7 Å². The number of thioether (sulfide) groups is 1. The molecule has 0 aliphatic carbocycles. The van der Waals surface area contributed by atoms with Crippen molar-refractivity contribution in [1.29, 1.82) is 0 Å². The predicted octanol–water partition coefficient (Wildman–Crippen LogP) is 4.65. The fourth-order valence-electron chi connectivity index (χ4n) is 3.77. The third-order valence-electron chi connectivity index (χ3n) is 5.59. The summed E-state index contributed by atoms with van der Waals surface area (Å²) in [5.41, 5.74) is 1.96. The van der Waals surface area contributed by atoms with E-state index in [4.69, 9.17) is 21.4 Å². The van der Waals surface area contributed by atoms with Crippen LogP contribution in [0, 0.1) is 0 Å². The molecule has 180 valence electrons. The van der Waals surface area contributed by atoms with E-state index in [-0.39, 0.29) is 22.1 Å². The molecule has 0 saturated carbocycles. The van der Waals surface area contributed by atoms with Crippen LogP contribution in [0.25, 0.3) is 11.5 Å². The van der Waals surface area contributed by atoms with E-state index in [1.54, 1.807) is 43.5 Å². The fraction of sp³-hybridized carbons (Fsp3) is 0.115. The second kappa shape index (κ2) is 10.3. The summed E-state index contributed by atoms with van der Waals surface area (Å²) in [4.78, 5) is 28.1. The molecule has 2 atom stereocenters. The Balaban J connectivity index is 1.48. The topological polar surface area (TPSA) is 97.6 Å². The smallest absolute Gasteiger partial charge is 0.331 e. The van der Waals surface area contributed by atoms with Crippen molar-refractivity contribution in [3.8, 4) is 17.2 Å². The maximum atomic E-state index is 13.8. The van der Waals surface area contributed by atoms with Crippen LogP contribution < -0.4 is 15.0 Å². The van der Waals surface area contributed by atoms with Crippen LogP contribution in [-0.2, 0) is 4.79 Å². The van der Waals surface area contributed by atoms with Gasteiger partial charge in [0.25, 0.3) is 11.8 Å². The highest BCUT2D eigenvalue weighted by Gasteiger charge is 2.44. The molecule has 3 aromatic carbocycles. The number of methoxy groups -OCH3 is 1. The standard InChI is InChI=1S/C26H20N4O4S2/c1-33-19-14-12-16(13-15-19)21-20(27-22(31)17-8-4-2-5-9-17)24(32)30(26(35)36-21)25-29-28-23(34-25)18-10-6-3-7-11-18/h2-15,20-21H,1H3,(H,27,31)/t20-,21+/m0/s1. The quantitative estimate of drug-likeness (QED) is 0.370. The van der Waals surface area contributed by atoms with Crippen molar-refractivity contribution in [3.05, 3.63) is 96.1 Å². The van der Waals surface area contributed by atoms with Gasteiger partial charge in [-0.1, -0.05) is 77.6 Å². The molecule has 2 heterocycles. The highest BCUT2D eigenvalue weighted by Crippen LogP contribution is 2.41. The number of carbonyl (C=O) groups is 2. The van der Waals surface area contributed by atoms with Crippen LogP contribution in [-0.4, -0.2) is 39.5 Å². The lowest BCUT2D eigenvalue weighted by molar-refractivity contribution is -0.119. The number of nitrogens with zero attached hydrogens (tertiary/aromatic N) is 3. The van der Waals surface area contributed by atoms with E-state index in [9.17, 15) is 9.59 Å². The van der Waals surface area contributed by atoms with Crippen molar-refractivity contribution in [1.82, 2.24) is 15.5 Å². The van der Waals surface area contributed by atoms with Gasteiger partial charge in [-0.2, -0.15) is 0 Å². The minimum atomic E-state index is -0.949. The highest BCUT2D eigenvalue weighted by molar-refractivity contribution is 8.23. The van der Waals surface area contributed by atoms with Crippen molar-refractivity contribution in [2.45, 2.75) is 11.3 Å². The molecule has 1 aliphatic heterocycles. The number of hydrogen-bond donors (Lipinski definition) is 1. The highest BCUT2D eigenvalue weighted by atomic mass is 32.2. The third-order valence-corrected chi connectivity index (χ3v) is 7.25. The lowest BCUT2D eigenvalue weighted by Gasteiger charge is -2.36. The van der Waals surface area contributed by atoms with Gasteiger partial charge in [-0.05, 0) is 42.0 Å². The zero-order chi connectivity index (χ0) is 25.1. The third kappa shape index (κ3) is 4.73.